The van der Waals surface area contributed by atoms with Gasteiger partial charge in [0.1, 0.15) is 0 Å². The number of aromatic nitrogens is 2. The van der Waals surface area contributed by atoms with Crippen molar-refractivity contribution in [1.29, 1.82) is 0 Å². The molecular formula is C10H15N3O3. The summed E-state index contributed by atoms with van der Waals surface area (Å²) >= 11 is 0. The van der Waals surface area contributed by atoms with E-state index < -0.39 is 5.97 Å². The van der Waals surface area contributed by atoms with Crippen molar-refractivity contribution in [2.45, 2.75) is 13.8 Å². The lowest BCUT2D eigenvalue weighted by atomic mass is 10.2. The molecule has 1 rings (SSSR count). The Morgan fingerprint density at radius 1 is 1.44 bits per heavy atom. The Hall–Kier alpha value is -1.85. The highest BCUT2D eigenvalue weighted by atomic mass is 16.4. The second-order valence-corrected chi connectivity index (χ2v) is 3.31. The summed E-state index contributed by atoms with van der Waals surface area (Å²) in [5, 5.41) is 12.8. The predicted molar refractivity (Wildman–Crippen MR) is 57.4 cm³/mol. The fourth-order valence-corrected chi connectivity index (χ4v) is 1.53. The monoisotopic (exact) mass is 225 g/mol. The number of rotatable bonds is 4. The molecule has 0 atom stereocenters. The number of carboxylic acid groups (broad SMARTS) is 1. The van der Waals surface area contributed by atoms with Crippen LogP contribution in [0.5, 0.6) is 0 Å². The number of amides is 1. The molecule has 0 saturated heterocycles. The van der Waals surface area contributed by atoms with Crippen molar-refractivity contribution >= 4 is 11.9 Å². The third-order valence-corrected chi connectivity index (χ3v) is 2.42. The molecule has 1 aromatic heterocycles. The van der Waals surface area contributed by atoms with Crippen molar-refractivity contribution in [2.75, 3.05) is 13.1 Å². The topological polar surface area (TPSA) is 75.4 Å². The maximum absolute atomic E-state index is 12.0. The molecule has 0 aliphatic heterocycles. The van der Waals surface area contributed by atoms with Gasteiger partial charge in [0.15, 0.2) is 5.69 Å². The van der Waals surface area contributed by atoms with E-state index in [4.69, 9.17) is 5.11 Å². The highest BCUT2D eigenvalue weighted by Crippen LogP contribution is 2.10. The minimum absolute atomic E-state index is 0.0723. The fraction of sp³-hybridized carbons (Fsp3) is 0.500. The highest BCUT2D eigenvalue weighted by Gasteiger charge is 2.23. The van der Waals surface area contributed by atoms with Crippen LogP contribution in [0.1, 0.15) is 34.7 Å². The van der Waals surface area contributed by atoms with E-state index in [1.807, 2.05) is 13.8 Å². The van der Waals surface area contributed by atoms with E-state index in [2.05, 4.69) is 5.10 Å². The molecule has 0 spiro atoms. The summed E-state index contributed by atoms with van der Waals surface area (Å²) in [6.07, 6.45) is 1.30. The number of hydrogen-bond acceptors (Lipinski definition) is 3. The molecule has 0 aromatic carbocycles. The van der Waals surface area contributed by atoms with E-state index in [-0.39, 0.29) is 17.2 Å². The van der Waals surface area contributed by atoms with E-state index in [0.717, 1.165) is 0 Å². The van der Waals surface area contributed by atoms with Gasteiger partial charge >= 0.3 is 5.97 Å². The van der Waals surface area contributed by atoms with Crippen LogP contribution >= 0.6 is 0 Å². The van der Waals surface area contributed by atoms with Crippen LogP contribution in [-0.4, -0.2) is 44.8 Å². The van der Waals surface area contributed by atoms with E-state index >= 15 is 0 Å². The molecular weight excluding hydrogens is 210 g/mol. The van der Waals surface area contributed by atoms with Crippen molar-refractivity contribution in [2.24, 2.45) is 7.05 Å². The van der Waals surface area contributed by atoms with Crippen LogP contribution in [0, 0.1) is 0 Å². The summed E-state index contributed by atoms with van der Waals surface area (Å²) < 4.78 is 1.19. The molecule has 88 valence electrons. The summed E-state index contributed by atoms with van der Waals surface area (Å²) in [4.78, 5) is 24.5. The quantitative estimate of drug-likeness (QED) is 0.814. The van der Waals surface area contributed by atoms with Gasteiger partial charge in [0, 0.05) is 20.1 Å². The fourth-order valence-electron chi connectivity index (χ4n) is 1.53. The molecule has 0 saturated carbocycles. The normalized spacial score (nSPS) is 10.2. The third kappa shape index (κ3) is 2.05. The van der Waals surface area contributed by atoms with Crippen molar-refractivity contribution in [1.82, 2.24) is 14.7 Å². The molecule has 6 heteroatoms. The Labute approximate surface area is 93.5 Å². The lowest BCUT2D eigenvalue weighted by Gasteiger charge is -2.17. The van der Waals surface area contributed by atoms with Crippen molar-refractivity contribution < 1.29 is 14.7 Å². The van der Waals surface area contributed by atoms with Gasteiger partial charge in [0.05, 0.1) is 11.8 Å². The molecule has 0 bridgehead atoms. The van der Waals surface area contributed by atoms with Gasteiger partial charge in [0.2, 0.25) is 0 Å². The van der Waals surface area contributed by atoms with Crippen molar-refractivity contribution in [3.63, 3.8) is 0 Å². The van der Waals surface area contributed by atoms with Crippen molar-refractivity contribution in [3.05, 3.63) is 17.5 Å². The first-order valence-electron chi connectivity index (χ1n) is 5.07. The Morgan fingerprint density at radius 2 is 2.00 bits per heavy atom. The number of carbonyl (C=O) groups is 2. The number of aryl methyl sites for hydroxylation is 1. The van der Waals surface area contributed by atoms with Gasteiger partial charge in [0.25, 0.3) is 5.91 Å². The van der Waals surface area contributed by atoms with Gasteiger partial charge < -0.3 is 10.0 Å². The van der Waals surface area contributed by atoms with E-state index in [0.29, 0.717) is 13.1 Å². The van der Waals surface area contributed by atoms with Gasteiger partial charge in [-0.3, -0.25) is 9.48 Å². The molecule has 1 amide bonds. The molecule has 1 N–H and O–H groups in total. The Balaban J connectivity index is 3.13. The third-order valence-electron chi connectivity index (χ3n) is 2.42. The second kappa shape index (κ2) is 4.78. The Bertz CT molecular complexity index is 407. The average molecular weight is 225 g/mol. The highest BCUT2D eigenvalue weighted by molar-refractivity contribution is 6.03. The van der Waals surface area contributed by atoms with Gasteiger partial charge in [-0.2, -0.15) is 5.10 Å². The zero-order chi connectivity index (χ0) is 12.3. The number of aromatic carboxylic acids is 1. The second-order valence-electron chi connectivity index (χ2n) is 3.31. The lowest BCUT2D eigenvalue weighted by molar-refractivity contribution is 0.0667. The zero-order valence-electron chi connectivity index (χ0n) is 9.60. The standard InChI is InChI=1S/C10H15N3O3/c1-4-13(5-2)9(14)7-6-11-12(3)8(7)10(15)16/h6H,4-5H2,1-3H3,(H,15,16). The van der Waals surface area contributed by atoms with Crippen LogP contribution in [0.15, 0.2) is 6.20 Å². The number of nitrogens with zero attached hydrogens (tertiary/aromatic N) is 3. The minimum atomic E-state index is -1.14. The number of hydrogen-bond donors (Lipinski definition) is 1. The van der Waals surface area contributed by atoms with Crippen molar-refractivity contribution in [3.8, 4) is 0 Å². The van der Waals surface area contributed by atoms with Gasteiger partial charge in [-0.05, 0) is 13.8 Å². The maximum Gasteiger partial charge on any atom is 0.354 e. The first-order valence-corrected chi connectivity index (χ1v) is 5.07. The molecule has 0 aliphatic rings. The molecule has 0 fully saturated rings. The summed E-state index contributed by atoms with van der Waals surface area (Å²) in [6, 6.07) is 0. The summed E-state index contributed by atoms with van der Waals surface area (Å²) in [5.41, 5.74) is 0.0654. The summed E-state index contributed by atoms with van der Waals surface area (Å²) in [7, 11) is 1.50. The molecule has 1 heterocycles. The minimum Gasteiger partial charge on any atom is -0.477 e. The van der Waals surface area contributed by atoms with Crippen LogP contribution in [0.2, 0.25) is 0 Å². The first-order chi connectivity index (χ1) is 7.52. The molecule has 1 aromatic rings. The van der Waals surface area contributed by atoms with Gasteiger partial charge in [-0.1, -0.05) is 0 Å². The number of carboxylic acids is 1. The smallest absolute Gasteiger partial charge is 0.354 e. The van der Waals surface area contributed by atoms with Crippen LogP contribution < -0.4 is 0 Å². The Morgan fingerprint density at radius 3 is 2.44 bits per heavy atom. The number of carbonyl (C=O) groups excluding carboxylic acids is 1. The van der Waals surface area contributed by atoms with Gasteiger partial charge in [-0.25, -0.2) is 4.79 Å². The average Bonchev–Trinajstić information content (AvgIpc) is 2.61. The maximum atomic E-state index is 12.0. The van der Waals surface area contributed by atoms with E-state index in [9.17, 15) is 9.59 Å². The molecule has 0 radical (unpaired) electrons. The largest absolute Gasteiger partial charge is 0.477 e. The molecule has 16 heavy (non-hydrogen) atoms. The lowest BCUT2D eigenvalue weighted by Crippen LogP contribution is -2.31. The molecule has 0 aliphatic carbocycles. The van der Waals surface area contributed by atoms with E-state index in [1.165, 1.54) is 17.9 Å². The van der Waals surface area contributed by atoms with Gasteiger partial charge in [-0.15, -0.1) is 0 Å². The molecule has 0 unspecified atom stereocenters. The van der Waals surface area contributed by atoms with Crippen LogP contribution in [0.25, 0.3) is 0 Å². The van der Waals surface area contributed by atoms with E-state index in [1.54, 1.807) is 4.90 Å². The Kier molecular flexibility index (Phi) is 3.65. The predicted octanol–water partition coefficient (Wildman–Crippen LogP) is 0.600. The first kappa shape index (κ1) is 12.2. The SMILES string of the molecule is CCN(CC)C(=O)c1cnn(C)c1C(=O)O. The summed E-state index contributed by atoms with van der Waals surface area (Å²) in [5.74, 6) is -1.44. The zero-order valence-corrected chi connectivity index (χ0v) is 9.60. The molecule has 6 nitrogen and oxygen atoms in total. The van der Waals surface area contributed by atoms with Crippen LogP contribution in [0.4, 0.5) is 0 Å². The summed E-state index contributed by atoms with van der Waals surface area (Å²) in [6.45, 7) is 4.78. The van der Waals surface area contributed by atoms with Crippen LogP contribution in [0.3, 0.4) is 0 Å². The van der Waals surface area contributed by atoms with Crippen LogP contribution in [-0.2, 0) is 7.05 Å².